The van der Waals surface area contributed by atoms with E-state index in [1.165, 1.54) is 11.3 Å². The standard InChI is InChI=1S/C20H23Cl2N5O3S/c1-20(2,3)18-25-15(17(29)27-9-7-13(28)23-8-10-27)16(31-18)26-19(30)24-12-6-4-5-11(21)14(12)22/h4-6H,7-10H2,1-3H3,(H,23,28)(H2,24,26,30). The molecule has 31 heavy (non-hydrogen) atoms. The lowest BCUT2D eigenvalue weighted by atomic mass is 9.98. The molecule has 0 bridgehead atoms. The third-order valence-corrected chi connectivity index (χ3v) is 6.71. The van der Waals surface area contributed by atoms with Crippen LogP contribution in [0.4, 0.5) is 15.5 Å². The van der Waals surface area contributed by atoms with Crippen molar-refractivity contribution in [2.45, 2.75) is 32.6 Å². The Balaban J connectivity index is 1.85. The van der Waals surface area contributed by atoms with Crippen LogP contribution >= 0.6 is 34.5 Å². The first kappa shape index (κ1) is 23.3. The molecule has 0 aliphatic carbocycles. The number of hydrogen-bond donors (Lipinski definition) is 3. The number of halogens is 2. The molecule has 1 aliphatic rings. The van der Waals surface area contributed by atoms with Crippen molar-refractivity contribution in [1.29, 1.82) is 0 Å². The highest BCUT2D eigenvalue weighted by Crippen LogP contribution is 2.34. The Kier molecular flexibility index (Phi) is 7.08. The summed E-state index contributed by atoms with van der Waals surface area (Å²) in [6.07, 6.45) is 0.221. The van der Waals surface area contributed by atoms with Crippen LogP contribution in [0.1, 0.15) is 42.7 Å². The Bertz CT molecular complexity index is 1020. The van der Waals surface area contributed by atoms with Crippen LogP contribution in [0, 0.1) is 0 Å². The highest BCUT2D eigenvalue weighted by Gasteiger charge is 2.29. The van der Waals surface area contributed by atoms with Gasteiger partial charge < -0.3 is 15.5 Å². The average molecular weight is 484 g/mol. The normalized spacial score (nSPS) is 14.6. The average Bonchev–Trinajstić information content (AvgIpc) is 2.99. The molecular weight excluding hydrogens is 461 g/mol. The summed E-state index contributed by atoms with van der Waals surface area (Å²) >= 11 is 13.4. The van der Waals surface area contributed by atoms with Gasteiger partial charge in [-0.2, -0.15) is 0 Å². The molecule has 0 spiro atoms. The van der Waals surface area contributed by atoms with E-state index in [4.69, 9.17) is 23.2 Å². The van der Waals surface area contributed by atoms with Crippen molar-refractivity contribution in [2.75, 3.05) is 30.3 Å². The van der Waals surface area contributed by atoms with E-state index < -0.39 is 6.03 Å². The largest absolute Gasteiger partial charge is 0.354 e. The second-order valence-electron chi connectivity index (χ2n) is 8.02. The van der Waals surface area contributed by atoms with Crippen LogP contribution in [0.3, 0.4) is 0 Å². The molecule has 3 N–H and O–H groups in total. The van der Waals surface area contributed by atoms with Crippen molar-refractivity contribution in [3.05, 3.63) is 38.9 Å². The zero-order chi connectivity index (χ0) is 22.8. The SMILES string of the molecule is CC(C)(C)c1nc(C(=O)N2CCNC(=O)CC2)c(NC(=O)Nc2cccc(Cl)c2Cl)s1. The molecule has 1 aromatic heterocycles. The smallest absolute Gasteiger partial charge is 0.324 e. The summed E-state index contributed by atoms with van der Waals surface area (Å²) in [5.74, 6) is -0.431. The van der Waals surface area contributed by atoms with Crippen molar-refractivity contribution in [3.63, 3.8) is 0 Å². The molecule has 0 saturated carbocycles. The van der Waals surface area contributed by atoms with Gasteiger partial charge in [0.15, 0.2) is 5.69 Å². The number of nitrogens with one attached hydrogen (secondary N) is 3. The van der Waals surface area contributed by atoms with E-state index in [0.717, 1.165) is 0 Å². The fraction of sp³-hybridized carbons (Fsp3) is 0.400. The molecule has 2 aromatic rings. The third-order valence-electron chi connectivity index (χ3n) is 4.50. The predicted molar refractivity (Wildman–Crippen MR) is 123 cm³/mol. The van der Waals surface area contributed by atoms with Gasteiger partial charge in [-0.15, -0.1) is 0 Å². The molecule has 1 saturated heterocycles. The van der Waals surface area contributed by atoms with Gasteiger partial charge in [-0.25, -0.2) is 9.78 Å². The van der Waals surface area contributed by atoms with Crippen LogP contribution in [-0.2, 0) is 10.2 Å². The molecule has 4 amide bonds. The summed E-state index contributed by atoms with van der Waals surface area (Å²) in [5.41, 5.74) is 0.177. The fourth-order valence-electron chi connectivity index (χ4n) is 2.85. The van der Waals surface area contributed by atoms with Crippen molar-refractivity contribution >= 4 is 63.1 Å². The van der Waals surface area contributed by atoms with E-state index in [-0.39, 0.29) is 40.9 Å². The molecule has 8 nitrogen and oxygen atoms in total. The van der Waals surface area contributed by atoms with Crippen molar-refractivity contribution in [3.8, 4) is 0 Å². The molecule has 11 heteroatoms. The number of aromatic nitrogens is 1. The van der Waals surface area contributed by atoms with Gasteiger partial charge >= 0.3 is 6.03 Å². The summed E-state index contributed by atoms with van der Waals surface area (Å²) in [6.45, 7) is 6.96. The van der Waals surface area contributed by atoms with Crippen LogP contribution in [0.15, 0.2) is 18.2 Å². The van der Waals surface area contributed by atoms with E-state index in [0.29, 0.717) is 33.8 Å². The Morgan fingerprint density at radius 3 is 2.65 bits per heavy atom. The number of carbonyl (C=O) groups is 3. The number of hydrogen-bond acceptors (Lipinski definition) is 5. The van der Waals surface area contributed by atoms with Crippen molar-refractivity contribution in [2.24, 2.45) is 0 Å². The highest BCUT2D eigenvalue weighted by atomic mass is 35.5. The summed E-state index contributed by atoms with van der Waals surface area (Å²) < 4.78 is 0. The molecule has 1 aromatic carbocycles. The molecule has 1 fully saturated rings. The molecule has 0 unspecified atom stereocenters. The second-order valence-corrected chi connectivity index (χ2v) is 9.80. The van der Waals surface area contributed by atoms with Gasteiger partial charge in [-0.3, -0.25) is 14.9 Å². The molecule has 3 rings (SSSR count). The lowest BCUT2D eigenvalue weighted by Gasteiger charge is -2.19. The maximum Gasteiger partial charge on any atom is 0.324 e. The molecule has 2 heterocycles. The zero-order valence-corrected chi connectivity index (χ0v) is 19.7. The summed E-state index contributed by atoms with van der Waals surface area (Å²) in [4.78, 5) is 43.5. The van der Waals surface area contributed by atoms with Gasteiger partial charge in [0.1, 0.15) is 10.0 Å². The Morgan fingerprint density at radius 2 is 1.94 bits per heavy atom. The molecule has 166 valence electrons. The minimum atomic E-state index is -0.574. The Morgan fingerprint density at radius 1 is 1.19 bits per heavy atom. The maximum atomic E-state index is 13.2. The molecule has 1 aliphatic heterocycles. The van der Waals surface area contributed by atoms with Gasteiger partial charge in [0.2, 0.25) is 5.91 Å². The van der Waals surface area contributed by atoms with E-state index in [1.54, 1.807) is 23.1 Å². The van der Waals surface area contributed by atoms with Gasteiger partial charge in [0.25, 0.3) is 5.91 Å². The first-order chi connectivity index (χ1) is 14.6. The number of nitrogens with zero attached hydrogens (tertiary/aromatic N) is 2. The third kappa shape index (κ3) is 5.66. The van der Waals surface area contributed by atoms with E-state index in [9.17, 15) is 14.4 Å². The summed E-state index contributed by atoms with van der Waals surface area (Å²) in [5, 5.41) is 9.66. The number of amides is 4. The van der Waals surface area contributed by atoms with Crippen LogP contribution < -0.4 is 16.0 Å². The predicted octanol–water partition coefficient (Wildman–Crippen LogP) is 4.35. The molecule has 0 radical (unpaired) electrons. The lowest BCUT2D eigenvalue weighted by molar-refractivity contribution is -0.120. The summed E-state index contributed by atoms with van der Waals surface area (Å²) in [7, 11) is 0. The number of benzene rings is 1. The Hall–Kier alpha value is -2.36. The van der Waals surface area contributed by atoms with Gasteiger partial charge in [0, 0.05) is 31.5 Å². The number of carbonyl (C=O) groups excluding carboxylic acids is 3. The maximum absolute atomic E-state index is 13.2. The van der Waals surface area contributed by atoms with Crippen molar-refractivity contribution in [1.82, 2.24) is 15.2 Å². The van der Waals surface area contributed by atoms with Crippen molar-refractivity contribution < 1.29 is 14.4 Å². The number of urea groups is 1. The quantitative estimate of drug-likeness (QED) is 0.603. The lowest BCUT2D eigenvalue weighted by Crippen LogP contribution is -2.35. The molecule has 0 atom stereocenters. The monoisotopic (exact) mass is 483 g/mol. The fourth-order valence-corrected chi connectivity index (χ4v) is 4.21. The first-order valence-electron chi connectivity index (χ1n) is 9.65. The topological polar surface area (TPSA) is 103 Å². The number of rotatable bonds is 3. The van der Waals surface area contributed by atoms with Gasteiger partial charge in [0.05, 0.1) is 15.7 Å². The summed E-state index contributed by atoms with van der Waals surface area (Å²) in [6, 6.07) is 4.32. The van der Waals surface area contributed by atoms with Crippen LogP contribution in [0.25, 0.3) is 0 Å². The first-order valence-corrected chi connectivity index (χ1v) is 11.2. The van der Waals surface area contributed by atoms with E-state index in [1.807, 2.05) is 20.8 Å². The second kappa shape index (κ2) is 9.42. The minimum Gasteiger partial charge on any atom is -0.354 e. The number of anilines is 2. The highest BCUT2D eigenvalue weighted by molar-refractivity contribution is 7.16. The van der Waals surface area contributed by atoms with Crippen LogP contribution in [-0.4, -0.2) is 47.4 Å². The van der Waals surface area contributed by atoms with E-state index in [2.05, 4.69) is 20.9 Å². The molecular formula is C20H23Cl2N5O3S. The van der Waals surface area contributed by atoms with E-state index >= 15 is 0 Å². The van der Waals surface area contributed by atoms with Crippen LogP contribution in [0.5, 0.6) is 0 Å². The van der Waals surface area contributed by atoms with Crippen LogP contribution in [0.2, 0.25) is 10.0 Å². The number of thiazole rings is 1. The van der Waals surface area contributed by atoms with Gasteiger partial charge in [-0.05, 0) is 12.1 Å². The zero-order valence-electron chi connectivity index (χ0n) is 17.3. The minimum absolute atomic E-state index is 0.0971. The Labute approximate surface area is 194 Å². The van der Waals surface area contributed by atoms with Gasteiger partial charge in [-0.1, -0.05) is 61.4 Å².